The summed E-state index contributed by atoms with van der Waals surface area (Å²) in [5.74, 6) is 0.359. The molecule has 1 fully saturated rings. The summed E-state index contributed by atoms with van der Waals surface area (Å²) in [5, 5.41) is 0.809. The number of fused-ring (bicyclic) bond motifs is 1. The number of aromatic nitrogens is 3. The van der Waals surface area contributed by atoms with E-state index in [2.05, 4.69) is 4.98 Å². The van der Waals surface area contributed by atoms with E-state index in [0.29, 0.717) is 30.2 Å². The summed E-state index contributed by atoms with van der Waals surface area (Å²) in [4.78, 5) is 8.80. The van der Waals surface area contributed by atoms with E-state index < -0.39 is 12.0 Å². The first kappa shape index (κ1) is 17.8. The van der Waals surface area contributed by atoms with Gasteiger partial charge in [0.25, 0.3) is 6.43 Å². The minimum atomic E-state index is -2.62. The maximum Gasteiger partial charge on any atom is 0.263 e. The van der Waals surface area contributed by atoms with Gasteiger partial charge in [-0.05, 0) is 18.2 Å². The van der Waals surface area contributed by atoms with Crippen LogP contribution < -0.4 is 5.73 Å². The molecule has 1 aliphatic rings. The fourth-order valence-corrected chi connectivity index (χ4v) is 3.56. The van der Waals surface area contributed by atoms with Gasteiger partial charge in [-0.1, -0.05) is 0 Å². The van der Waals surface area contributed by atoms with Crippen molar-refractivity contribution < 1.29 is 18.3 Å². The number of nitrogen functional groups attached to an aromatic ring is 1. The molecule has 1 atom stereocenters. The lowest BCUT2D eigenvalue weighted by molar-refractivity contribution is -0.0247. The van der Waals surface area contributed by atoms with E-state index in [9.17, 15) is 8.78 Å². The summed E-state index contributed by atoms with van der Waals surface area (Å²) in [5.41, 5.74) is 7.38. The lowest BCUT2D eigenvalue weighted by Gasteiger charge is -2.26. The molecule has 142 valence electrons. The summed E-state index contributed by atoms with van der Waals surface area (Å²) in [6, 6.07) is 4.55. The Morgan fingerprint density at radius 1 is 1.33 bits per heavy atom. The minimum Gasteiger partial charge on any atom is -0.384 e. The maximum atomic E-state index is 13.6. The molecule has 3 aromatic rings. The molecule has 2 N–H and O–H groups in total. The van der Waals surface area contributed by atoms with Crippen molar-refractivity contribution in [1.82, 2.24) is 14.5 Å². The molecule has 0 amide bonds. The number of ether oxygens (including phenoxy) is 2. The van der Waals surface area contributed by atoms with Gasteiger partial charge in [-0.15, -0.1) is 0 Å². The van der Waals surface area contributed by atoms with Gasteiger partial charge < -0.3 is 19.8 Å². The zero-order valence-electron chi connectivity index (χ0n) is 15.1. The molecular weight excluding hydrogens is 354 g/mol. The molecule has 0 aromatic carbocycles. The van der Waals surface area contributed by atoms with Crippen molar-refractivity contribution in [3.05, 3.63) is 41.9 Å². The molecule has 1 aliphatic heterocycles. The predicted octanol–water partition coefficient (Wildman–Crippen LogP) is 3.42. The molecule has 6 nitrogen and oxygen atoms in total. The molecule has 1 unspecified atom stereocenters. The highest BCUT2D eigenvalue weighted by Crippen LogP contribution is 2.38. The van der Waals surface area contributed by atoms with E-state index in [1.165, 1.54) is 12.1 Å². The van der Waals surface area contributed by atoms with Crippen molar-refractivity contribution >= 4 is 16.7 Å². The zero-order valence-corrected chi connectivity index (χ0v) is 15.1. The largest absolute Gasteiger partial charge is 0.384 e. The molecule has 0 spiro atoms. The van der Waals surface area contributed by atoms with E-state index in [1.54, 1.807) is 19.4 Å². The summed E-state index contributed by atoms with van der Waals surface area (Å²) in [6.07, 6.45) is 1.45. The standard InChI is InChI=1S/C19H20F2N4O2/c1-25-9-13(12-7-17(22)23-8-15(12)25)14-5-11(18(20)21)6-16(24-14)19(26-2)3-4-27-10-19/h5-9,18H,3-4,10H2,1-2H3,(H2,22,23). The highest BCUT2D eigenvalue weighted by molar-refractivity contribution is 5.96. The van der Waals surface area contributed by atoms with Crippen LogP contribution in [0.4, 0.5) is 14.6 Å². The molecule has 4 rings (SSSR count). The Hall–Kier alpha value is -2.58. The number of nitrogens with two attached hydrogens (primary N) is 1. The monoisotopic (exact) mass is 374 g/mol. The number of alkyl halides is 2. The van der Waals surface area contributed by atoms with E-state index >= 15 is 0 Å². The van der Waals surface area contributed by atoms with Gasteiger partial charge in [0.2, 0.25) is 0 Å². The first-order valence-electron chi connectivity index (χ1n) is 8.58. The van der Waals surface area contributed by atoms with E-state index in [4.69, 9.17) is 20.2 Å². The summed E-state index contributed by atoms with van der Waals surface area (Å²) in [6.45, 7) is 0.787. The van der Waals surface area contributed by atoms with Crippen molar-refractivity contribution in [1.29, 1.82) is 0 Å². The van der Waals surface area contributed by atoms with Crippen LogP contribution in [0, 0.1) is 0 Å². The zero-order chi connectivity index (χ0) is 19.2. The smallest absolute Gasteiger partial charge is 0.263 e. The number of hydrogen-bond donors (Lipinski definition) is 1. The number of pyridine rings is 2. The van der Waals surface area contributed by atoms with Crippen molar-refractivity contribution in [2.24, 2.45) is 7.05 Å². The van der Waals surface area contributed by atoms with Crippen LogP contribution in [0.25, 0.3) is 22.2 Å². The second kappa shape index (κ2) is 6.54. The quantitative estimate of drug-likeness (QED) is 0.757. The fourth-order valence-electron chi connectivity index (χ4n) is 3.56. The third kappa shape index (κ3) is 2.94. The normalized spacial score (nSPS) is 20.0. The fraction of sp³-hybridized carbons (Fsp3) is 0.368. The molecule has 8 heteroatoms. The van der Waals surface area contributed by atoms with Crippen LogP contribution in [-0.2, 0) is 22.1 Å². The number of methoxy groups -OCH3 is 1. The van der Waals surface area contributed by atoms with E-state index in [-0.39, 0.29) is 12.2 Å². The number of halogens is 2. The molecule has 4 heterocycles. The number of nitrogens with zero attached hydrogens (tertiary/aromatic N) is 3. The molecule has 0 bridgehead atoms. The van der Waals surface area contributed by atoms with Gasteiger partial charge in [0.15, 0.2) is 0 Å². The minimum absolute atomic E-state index is 0.0997. The predicted molar refractivity (Wildman–Crippen MR) is 97.4 cm³/mol. The third-order valence-corrected chi connectivity index (χ3v) is 5.12. The highest BCUT2D eigenvalue weighted by atomic mass is 19.3. The Morgan fingerprint density at radius 2 is 2.15 bits per heavy atom. The molecule has 3 aromatic heterocycles. The van der Waals surface area contributed by atoms with Gasteiger partial charge >= 0.3 is 0 Å². The Morgan fingerprint density at radius 3 is 2.81 bits per heavy atom. The second-order valence-electron chi connectivity index (χ2n) is 6.75. The van der Waals surface area contributed by atoms with Crippen LogP contribution in [0.15, 0.2) is 30.6 Å². The number of rotatable bonds is 4. The summed E-state index contributed by atoms with van der Waals surface area (Å²) in [7, 11) is 3.42. The molecule has 0 saturated carbocycles. The lowest BCUT2D eigenvalue weighted by Crippen LogP contribution is -2.30. The average molecular weight is 374 g/mol. The summed E-state index contributed by atoms with van der Waals surface area (Å²) >= 11 is 0. The van der Waals surface area contributed by atoms with Gasteiger partial charge in [-0.2, -0.15) is 0 Å². The van der Waals surface area contributed by atoms with Gasteiger partial charge in [-0.25, -0.2) is 18.7 Å². The van der Waals surface area contributed by atoms with Crippen LogP contribution in [0.3, 0.4) is 0 Å². The molecule has 0 aliphatic carbocycles. The topological polar surface area (TPSA) is 75.2 Å². The maximum absolute atomic E-state index is 13.6. The summed E-state index contributed by atoms with van der Waals surface area (Å²) < 4.78 is 40.2. The van der Waals surface area contributed by atoms with Crippen LogP contribution >= 0.6 is 0 Å². The van der Waals surface area contributed by atoms with Gasteiger partial charge in [0, 0.05) is 49.9 Å². The van der Waals surface area contributed by atoms with Gasteiger partial charge in [-0.3, -0.25) is 0 Å². The number of hydrogen-bond acceptors (Lipinski definition) is 5. The van der Waals surface area contributed by atoms with Crippen LogP contribution in [0.1, 0.15) is 24.1 Å². The first-order chi connectivity index (χ1) is 12.9. The van der Waals surface area contributed by atoms with E-state index in [0.717, 1.165) is 16.5 Å². The van der Waals surface area contributed by atoms with Crippen LogP contribution in [-0.4, -0.2) is 34.9 Å². The molecular formula is C19H20F2N4O2. The molecule has 0 radical (unpaired) electrons. The average Bonchev–Trinajstić information content (AvgIpc) is 3.27. The van der Waals surface area contributed by atoms with Gasteiger partial charge in [0.05, 0.1) is 29.7 Å². The SMILES string of the molecule is COC1(c2cc(C(F)F)cc(-c3cn(C)c4cnc(N)cc34)n2)CCOC1. The molecule has 27 heavy (non-hydrogen) atoms. The lowest BCUT2D eigenvalue weighted by atomic mass is 9.95. The van der Waals surface area contributed by atoms with E-state index in [1.807, 2.05) is 17.8 Å². The van der Waals surface area contributed by atoms with Gasteiger partial charge in [0.1, 0.15) is 11.4 Å². The van der Waals surface area contributed by atoms with Crippen molar-refractivity contribution in [2.45, 2.75) is 18.4 Å². The Kier molecular flexibility index (Phi) is 4.32. The van der Waals surface area contributed by atoms with Crippen molar-refractivity contribution in [2.75, 3.05) is 26.1 Å². The second-order valence-corrected chi connectivity index (χ2v) is 6.75. The first-order valence-corrected chi connectivity index (χ1v) is 8.58. The highest BCUT2D eigenvalue weighted by Gasteiger charge is 2.39. The molecule has 1 saturated heterocycles. The van der Waals surface area contributed by atoms with Crippen LogP contribution in [0.5, 0.6) is 0 Å². The Bertz CT molecular complexity index is 997. The van der Waals surface area contributed by atoms with Crippen LogP contribution in [0.2, 0.25) is 0 Å². The number of aryl methyl sites for hydroxylation is 1. The Labute approximate surface area is 154 Å². The third-order valence-electron chi connectivity index (χ3n) is 5.12. The van der Waals surface area contributed by atoms with Crippen molar-refractivity contribution in [3.63, 3.8) is 0 Å². The number of anilines is 1. The Balaban J connectivity index is 1.95. The van der Waals surface area contributed by atoms with Crippen molar-refractivity contribution in [3.8, 4) is 11.3 Å².